The van der Waals surface area contributed by atoms with Crippen LogP contribution in [-0.4, -0.2) is 98.5 Å². The van der Waals surface area contributed by atoms with Crippen molar-refractivity contribution in [1.82, 2.24) is 30.0 Å². The normalized spacial score (nSPS) is 26.2. The molecule has 1 aromatic carbocycles. The number of nitrogens with zero attached hydrogens (tertiary/aromatic N) is 6. The van der Waals surface area contributed by atoms with E-state index in [4.69, 9.17) is 26.1 Å². The van der Waals surface area contributed by atoms with Crippen LogP contribution in [0.5, 0.6) is 6.01 Å². The number of hydrogen-bond acceptors (Lipinski definition) is 9. The molecule has 3 aliphatic heterocycles. The highest BCUT2D eigenvalue weighted by Crippen LogP contribution is 2.42. The summed E-state index contributed by atoms with van der Waals surface area (Å²) in [6.45, 7) is 6.02. The van der Waals surface area contributed by atoms with E-state index in [-0.39, 0.29) is 37.0 Å². The molecule has 13 heteroatoms. The highest BCUT2D eigenvalue weighted by atomic mass is 35.5. The maximum absolute atomic E-state index is 16.9. The third kappa shape index (κ3) is 5.07. The summed E-state index contributed by atoms with van der Waals surface area (Å²) in [7, 11) is 0. The Labute approximate surface area is 258 Å². The number of aromatic nitrogens is 5. The molecule has 7 rings (SSSR count). The summed E-state index contributed by atoms with van der Waals surface area (Å²) in [6.07, 6.45) is 8.03. The van der Waals surface area contributed by atoms with E-state index in [2.05, 4.69) is 25.1 Å². The Hall–Kier alpha value is -3.45. The molecule has 0 saturated carbocycles. The molecule has 0 bridgehead atoms. The number of hydrogen-bond donors (Lipinski definition) is 2. The number of rotatable bonds is 6. The zero-order chi connectivity index (χ0) is 30.6. The number of aliphatic hydroxyl groups is 1. The lowest BCUT2D eigenvalue weighted by molar-refractivity contribution is -0.0123. The molecule has 3 fully saturated rings. The molecule has 0 radical (unpaired) electrons. The summed E-state index contributed by atoms with van der Waals surface area (Å²) >= 11 is 6.65. The molecule has 10 nitrogen and oxygen atoms in total. The van der Waals surface area contributed by atoms with Crippen LogP contribution in [0.1, 0.15) is 38.7 Å². The van der Waals surface area contributed by atoms with Gasteiger partial charge in [0.05, 0.1) is 47.4 Å². The van der Waals surface area contributed by atoms with E-state index in [1.165, 1.54) is 0 Å². The monoisotopic (exact) mass is 625 g/mol. The number of anilines is 1. The van der Waals surface area contributed by atoms with Crippen LogP contribution < -0.4 is 9.64 Å². The molecular formula is C31H34ClF2N7O3. The molecule has 232 valence electrons. The van der Waals surface area contributed by atoms with Crippen LogP contribution in [0.2, 0.25) is 5.02 Å². The zero-order valence-electron chi connectivity index (χ0n) is 24.6. The Bertz CT molecular complexity index is 1770. The fourth-order valence-corrected chi connectivity index (χ4v) is 7.26. The lowest BCUT2D eigenvalue weighted by Gasteiger charge is -2.31. The van der Waals surface area contributed by atoms with Gasteiger partial charge in [-0.25, -0.2) is 8.78 Å². The summed E-state index contributed by atoms with van der Waals surface area (Å²) in [6, 6.07) is 1.72. The Morgan fingerprint density at radius 3 is 2.98 bits per heavy atom. The van der Waals surface area contributed by atoms with Crippen LogP contribution >= 0.6 is 11.6 Å². The van der Waals surface area contributed by atoms with E-state index in [1.54, 1.807) is 31.5 Å². The quantitative estimate of drug-likeness (QED) is 0.308. The van der Waals surface area contributed by atoms with Crippen molar-refractivity contribution < 1.29 is 23.4 Å². The van der Waals surface area contributed by atoms with Gasteiger partial charge in [-0.2, -0.15) is 15.1 Å². The maximum atomic E-state index is 16.9. The minimum Gasteiger partial charge on any atom is -0.461 e. The summed E-state index contributed by atoms with van der Waals surface area (Å²) < 4.78 is 43.2. The van der Waals surface area contributed by atoms with Gasteiger partial charge in [-0.05, 0) is 39.3 Å². The average molecular weight is 626 g/mol. The molecule has 44 heavy (non-hydrogen) atoms. The van der Waals surface area contributed by atoms with Gasteiger partial charge in [0, 0.05) is 42.2 Å². The Morgan fingerprint density at radius 1 is 1.27 bits per heavy atom. The third-order valence-corrected chi connectivity index (χ3v) is 9.24. The second kappa shape index (κ2) is 11.2. The van der Waals surface area contributed by atoms with Gasteiger partial charge in [0.15, 0.2) is 5.82 Å². The highest BCUT2D eigenvalue weighted by Gasteiger charge is 2.49. The van der Waals surface area contributed by atoms with Gasteiger partial charge in [-0.1, -0.05) is 23.8 Å². The van der Waals surface area contributed by atoms with Crippen LogP contribution in [0.15, 0.2) is 24.5 Å². The highest BCUT2D eigenvalue weighted by molar-refractivity contribution is 6.33. The molecule has 0 aliphatic carbocycles. The Kier molecular flexibility index (Phi) is 7.43. The first-order valence-corrected chi connectivity index (χ1v) is 15.3. The molecule has 3 aliphatic rings. The molecular weight excluding hydrogens is 592 g/mol. The summed E-state index contributed by atoms with van der Waals surface area (Å²) in [5, 5.41) is 19.4. The van der Waals surface area contributed by atoms with Gasteiger partial charge in [0.1, 0.15) is 35.4 Å². The van der Waals surface area contributed by atoms with Gasteiger partial charge >= 0.3 is 6.01 Å². The number of aromatic amines is 1. The van der Waals surface area contributed by atoms with Crippen LogP contribution in [0, 0.1) is 5.82 Å². The third-order valence-electron chi connectivity index (χ3n) is 8.93. The Morgan fingerprint density at radius 2 is 2.14 bits per heavy atom. The molecule has 0 amide bonds. The summed E-state index contributed by atoms with van der Waals surface area (Å²) in [5.41, 5.74) is 0.183. The first-order valence-electron chi connectivity index (χ1n) is 14.9. The summed E-state index contributed by atoms with van der Waals surface area (Å²) in [5.74, 6) is -0.299. The first kappa shape index (κ1) is 29.3. The number of fused-ring (bicyclic) bond motifs is 3. The second-order valence-electron chi connectivity index (χ2n) is 12.3. The van der Waals surface area contributed by atoms with Crippen LogP contribution in [0.3, 0.4) is 0 Å². The Balaban J connectivity index is 1.39. The van der Waals surface area contributed by atoms with E-state index in [1.807, 2.05) is 17.9 Å². The smallest absolute Gasteiger partial charge is 0.319 e. The number of benzene rings is 1. The lowest BCUT2D eigenvalue weighted by Crippen LogP contribution is -2.44. The fraction of sp³-hybridized carbons (Fsp3) is 0.484. The molecule has 2 N–H and O–H groups in total. The van der Waals surface area contributed by atoms with E-state index < -0.39 is 23.1 Å². The van der Waals surface area contributed by atoms with Gasteiger partial charge in [-0.15, -0.1) is 0 Å². The number of H-pyrrole nitrogens is 1. The average Bonchev–Trinajstić information content (AvgIpc) is 3.64. The molecule has 0 unspecified atom stereocenters. The number of β-amino-alcohol motifs (C(OH)–C–C–N with tert-alkyl or cyclic N) is 1. The maximum Gasteiger partial charge on any atom is 0.319 e. The zero-order valence-corrected chi connectivity index (χ0v) is 25.4. The van der Waals surface area contributed by atoms with E-state index in [0.717, 1.165) is 19.4 Å². The van der Waals surface area contributed by atoms with Crippen molar-refractivity contribution in [2.24, 2.45) is 0 Å². The standard InChI is InChI=1S/C31H34ClF2N7O3/c1-3-5-19-22(32)10-23-20(13-36-39-23)24(19)27-25(34)26-21(12-35-27)28(40-8-9-43-16-30(2,42)15-40)38-29(37-26)44-17-31-6-4-7-41(31)14-18(33)11-31/h3,5,10,12-13,18,42H,4,6-9,11,14-17H2,1-2H3,(H,36,39)/b5-3-/t18-,30+,31+/m1/s1. The van der Waals surface area contributed by atoms with Crippen molar-refractivity contribution in [2.45, 2.75) is 50.4 Å². The molecule has 3 saturated heterocycles. The van der Waals surface area contributed by atoms with E-state index in [0.29, 0.717) is 64.4 Å². The number of halogens is 3. The van der Waals surface area contributed by atoms with Crippen molar-refractivity contribution in [3.05, 3.63) is 40.9 Å². The lowest BCUT2D eigenvalue weighted by atomic mass is 9.95. The van der Waals surface area contributed by atoms with Crippen molar-refractivity contribution in [1.29, 1.82) is 0 Å². The SMILES string of the molecule is C/C=C\c1c(Cl)cc2[nH]ncc2c1-c1ncc2c(N3CCOC[C@@](C)(O)C3)nc(OC[C@@]34CCCN3C[C@H](F)C4)nc2c1F. The second-order valence-corrected chi connectivity index (χ2v) is 12.7. The number of pyridine rings is 1. The van der Waals surface area contributed by atoms with E-state index in [9.17, 15) is 9.50 Å². The number of allylic oxidation sites excluding steroid dienone is 1. The van der Waals surface area contributed by atoms with Crippen molar-refractivity contribution in [2.75, 3.05) is 50.9 Å². The molecule has 3 atom stereocenters. The predicted octanol–water partition coefficient (Wildman–Crippen LogP) is 4.94. The molecule has 6 heterocycles. The number of nitrogens with one attached hydrogen (secondary N) is 1. The van der Waals surface area contributed by atoms with Gasteiger partial charge in [0.25, 0.3) is 0 Å². The first-order chi connectivity index (χ1) is 21.2. The number of ether oxygens (including phenoxy) is 2. The molecule has 3 aromatic heterocycles. The van der Waals surface area contributed by atoms with Crippen molar-refractivity contribution in [3.63, 3.8) is 0 Å². The fourth-order valence-electron chi connectivity index (χ4n) is 6.99. The molecule has 4 aromatic rings. The largest absolute Gasteiger partial charge is 0.461 e. The molecule has 0 spiro atoms. The van der Waals surface area contributed by atoms with Gasteiger partial charge in [0.2, 0.25) is 0 Å². The van der Waals surface area contributed by atoms with Crippen molar-refractivity contribution >= 4 is 45.3 Å². The predicted molar refractivity (Wildman–Crippen MR) is 164 cm³/mol. The van der Waals surface area contributed by atoms with E-state index >= 15 is 4.39 Å². The van der Waals surface area contributed by atoms with Gasteiger partial charge < -0.3 is 19.5 Å². The van der Waals surface area contributed by atoms with Crippen molar-refractivity contribution in [3.8, 4) is 17.3 Å². The topological polar surface area (TPSA) is 113 Å². The summed E-state index contributed by atoms with van der Waals surface area (Å²) in [4.78, 5) is 17.9. The van der Waals surface area contributed by atoms with Crippen LogP contribution in [-0.2, 0) is 4.74 Å². The van der Waals surface area contributed by atoms with Gasteiger partial charge in [-0.3, -0.25) is 15.0 Å². The number of alkyl halides is 1. The van der Waals surface area contributed by atoms with Crippen LogP contribution in [0.25, 0.3) is 39.1 Å². The minimum absolute atomic E-state index is 0.0124. The van der Waals surface area contributed by atoms with Crippen LogP contribution in [0.4, 0.5) is 14.6 Å². The minimum atomic E-state index is -1.17.